The van der Waals surface area contributed by atoms with Crippen LogP contribution >= 0.6 is 0 Å². The van der Waals surface area contributed by atoms with Gasteiger partial charge in [-0.2, -0.15) is 0 Å². The molecule has 0 aromatic heterocycles. The first-order valence-corrected chi connectivity index (χ1v) is 6.87. The Morgan fingerprint density at radius 1 is 1.16 bits per heavy atom. The summed E-state index contributed by atoms with van der Waals surface area (Å²) in [6.07, 6.45) is 2.98. The Labute approximate surface area is 114 Å². The average molecular weight is 259 g/mol. The first-order chi connectivity index (χ1) is 9.35. The largest absolute Gasteiger partial charge is 0.395 e. The molecule has 2 N–H and O–H groups in total. The van der Waals surface area contributed by atoms with Gasteiger partial charge in [0.25, 0.3) is 0 Å². The van der Waals surface area contributed by atoms with Crippen LogP contribution in [0, 0.1) is 11.8 Å². The Bertz CT molecular complexity index is 457. The van der Waals surface area contributed by atoms with Crippen molar-refractivity contribution < 1.29 is 10.2 Å². The summed E-state index contributed by atoms with van der Waals surface area (Å²) in [6, 6.07) is 8.75. The monoisotopic (exact) mass is 259 g/mol. The highest BCUT2D eigenvalue weighted by atomic mass is 16.3. The highest BCUT2D eigenvalue weighted by Gasteiger charge is 2.28. The summed E-state index contributed by atoms with van der Waals surface area (Å²) in [5.74, 6) is 6.10. The van der Waals surface area contributed by atoms with Gasteiger partial charge in [0.2, 0.25) is 0 Å². The van der Waals surface area contributed by atoms with Crippen LogP contribution in [0.4, 0.5) is 0 Å². The van der Waals surface area contributed by atoms with E-state index in [1.807, 2.05) is 18.2 Å². The summed E-state index contributed by atoms with van der Waals surface area (Å²) in [6.45, 7) is 1.88. The molecule has 0 spiro atoms. The molecule has 1 saturated carbocycles. The smallest absolute Gasteiger partial charge is 0.0558 e. The van der Waals surface area contributed by atoms with Crippen molar-refractivity contribution in [2.75, 3.05) is 19.8 Å². The zero-order valence-electron chi connectivity index (χ0n) is 11.2. The minimum absolute atomic E-state index is 0.105. The van der Waals surface area contributed by atoms with Crippen molar-refractivity contribution in [3.8, 4) is 11.8 Å². The molecule has 0 atom stereocenters. The lowest BCUT2D eigenvalue weighted by Crippen LogP contribution is -2.28. The van der Waals surface area contributed by atoms with Gasteiger partial charge in [-0.05, 0) is 24.5 Å². The van der Waals surface area contributed by atoms with Gasteiger partial charge in [0.05, 0.1) is 13.2 Å². The molecule has 0 saturated heterocycles. The van der Waals surface area contributed by atoms with Crippen molar-refractivity contribution in [3.63, 3.8) is 0 Å². The number of benzene rings is 1. The topological polar surface area (TPSA) is 43.7 Å². The van der Waals surface area contributed by atoms with Crippen LogP contribution in [0.3, 0.4) is 0 Å². The second kappa shape index (κ2) is 7.30. The second-order valence-electron chi connectivity index (χ2n) is 4.86. The Kier molecular flexibility index (Phi) is 5.41. The fourth-order valence-corrected chi connectivity index (χ4v) is 2.17. The highest BCUT2D eigenvalue weighted by Crippen LogP contribution is 2.28. The maximum absolute atomic E-state index is 9.14. The Balaban J connectivity index is 2.08. The van der Waals surface area contributed by atoms with Crippen LogP contribution in [0.15, 0.2) is 24.3 Å². The van der Waals surface area contributed by atoms with E-state index in [2.05, 4.69) is 22.8 Å². The van der Waals surface area contributed by atoms with Crippen molar-refractivity contribution in [3.05, 3.63) is 35.4 Å². The lowest BCUT2D eigenvalue weighted by Gasteiger charge is -2.21. The zero-order valence-corrected chi connectivity index (χ0v) is 11.2. The van der Waals surface area contributed by atoms with Crippen molar-refractivity contribution >= 4 is 0 Å². The first kappa shape index (κ1) is 14.1. The molecule has 0 heterocycles. The summed E-state index contributed by atoms with van der Waals surface area (Å²) in [5.41, 5.74) is 2.23. The summed E-state index contributed by atoms with van der Waals surface area (Å²) in [4.78, 5) is 2.33. The molecule has 0 aliphatic heterocycles. The number of hydrogen-bond donors (Lipinski definition) is 2. The first-order valence-electron chi connectivity index (χ1n) is 6.87. The van der Waals surface area contributed by atoms with E-state index >= 15 is 0 Å². The van der Waals surface area contributed by atoms with E-state index in [0.717, 1.165) is 18.7 Å². The lowest BCUT2D eigenvalue weighted by atomic mass is 10.1. The molecule has 1 fully saturated rings. The van der Waals surface area contributed by atoms with Crippen LogP contribution in [-0.4, -0.2) is 40.9 Å². The molecule has 0 amide bonds. The van der Waals surface area contributed by atoms with Crippen molar-refractivity contribution in [1.82, 2.24) is 4.90 Å². The normalized spacial score (nSPS) is 14.3. The van der Waals surface area contributed by atoms with Gasteiger partial charge in [-0.1, -0.05) is 30.0 Å². The van der Waals surface area contributed by atoms with Gasteiger partial charge in [0, 0.05) is 31.1 Å². The fraction of sp³-hybridized carbons (Fsp3) is 0.500. The maximum Gasteiger partial charge on any atom is 0.0558 e. The standard InChI is InChI=1S/C16H21NO2/c18-11-4-3-6-14-5-1-2-7-15(14)13-17(10-12-19)16-8-9-16/h1-2,5,7,16,18-19H,4,8-13H2. The lowest BCUT2D eigenvalue weighted by molar-refractivity contribution is 0.183. The second-order valence-corrected chi connectivity index (χ2v) is 4.86. The number of nitrogens with zero attached hydrogens (tertiary/aromatic N) is 1. The van der Waals surface area contributed by atoms with Gasteiger partial charge in [-0.15, -0.1) is 0 Å². The third-order valence-electron chi connectivity index (χ3n) is 3.30. The molecule has 1 aliphatic rings. The van der Waals surface area contributed by atoms with E-state index < -0.39 is 0 Å². The minimum atomic E-state index is 0.105. The SMILES string of the molecule is OCCC#Cc1ccccc1CN(CCO)C1CC1. The molecular formula is C16H21NO2. The summed E-state index contributed by atoms with van der Waals surface area (Å²) in [7, 11) is 0. The van der Waals surface area contributed by atoms with Gasteiger partial charge in [0.1, 0.15) is 0 Å². The van der Waals surface area contributed by atoms with E-state index in [4.69, 9.17) is 10.2 Å². The van der Waals surface area contributed by atoms with Gasteiger partial charge < -0.3 is 10.2 Å². The van der Waals surface area contributed by atoms with Crippen LogP contribution in [0.25, 0.3) is 0 Å². The van der Waals surface area contributed by atoms with Crippen molar-refractivity contribution in [1.29, 1.82) is 0 Å². The molecule has 0 radical (unpaired) electrons. The van der Waals surface area contributed by atoms with E-state index in [0.29, 0.717) is 12.5 Å². The molecule has 1 aliphatic carbocycles. The molecule has 3 heteroatoms. The van der Waals surface area contributed by atoms with Gasteiger partial charge >= 0.3 is 0 Å². The molecule has 19 heavy (non-hydrogen) atoms. The number of rotatable bonds is 6. The summed E-state index contributed by atoms with van der Waals surface area (Å²) in [5, 5.41) is 17.9. The van der Waals surface area contributed by atoms with E-state index in [1.165, 1.54) is 18.4 Å². The molecule has 3 nitrogen and oxygen atoms in total. The van der Waals surface area contributed by atoms with Crippen LogP contribution in [0.5, 0.6) is 0 Å². The van der Waals surface area contributed by atoms with Crippen LogP contribution in [0.2, 0.25) is 0 Å². The Morgan fingerprint density at radius 3 is 2.63 bits per heavy atom. The summed E-state index contributed by atoms with van der Waals surface area (Å²) >= 11 is 0. The third kappa shape index (κ3) is 4.36. The maximum atomic E-state index is 9.14. The molecule has 102 valence electrons. The van der Waals surface area contributed by atoms with Crippen LogP contribution < -0.4 is 0 Å². The Hall–Kier alpha value is -1.34. The average Bonchev–Trinajstić information content (AvgIpc) is 3.25. The minimum Gasteiger partial charge on any atom is -0.395 e. The summed E-state index contributed by atoms with van der Waals surface area (Å²) < 4.78 is 0. The Morgan fingerprint density at radius 2 is 1.95 bits per heavy atom. The molecule has 2 rings (SSSR count). The molecular weight excluding hydrogens is 238 g/mol. The van der Waals surface area contributed by atoms with Gasteiger partial charge in [0.15, 0.2) is 0 Å². The van der Waals surface area contributed by atoms with Crippen molar-refractivity contribution in [2.45, 2.75) is 31.8 Å². The number of aliphatic hydroxyl groups excluding tert-OH is 2. The molecule has 0 bridgehead atoms. The van der Waals surface area contributed by atoms with Crippen molar-refractivity contribution in [2.24, 2.45) is 0 Å². The molecule has 1 aromatic rings. The number of aliphatic hydroxyl groups is 2. The molecule has 0 unspecified atom stereocenters. The number of hydrogen-bond acceptors (Lipinski definition) is 3. The molecule has 1 aromatic carbocycles. The van der Waals surface area contributed by atoms with E-state index in [1.54, 1.807) is 0 Å². The predicted molar refractivity (Wildman–Crippen MR) is 75.5 cm³/mol. The third-order valence-corrected chi connectivity index (χ3v) is 3.30. The quantitative estimate of drug-likeness (QED) is 0.759. The fourth-order valence-electron chi connectivity index (χ4n) is 2.17. The zero-order chi connectivity index (χ0) is 13.5. The van der Waals surface area contributed by atoms with Crippen LogP contribution in [-0.2, 0) is 6.54 Å². The van der Waals surface area contributed by atoms with E-state index in [9.17, 15) is 0 Å². The highest BCUT2D eigenvalue weighted by molar-refractivity contribution is 5.41. The van der Waals surface area contributed by atoms with Gasteiger partial charge in [-0.25, -0.2) is 0 Å². The predicted octanol–water partition coefficient (Wildman–Crippen LogP) is 1.38. The van der Waals surface area contributed by atoms with Crippen LogP contribution in [0.1, 0.15) is 30.4 Å². The van der Waals surface area contributed by atoms with Gasteiger partial charge in [-0.3, -0.25) is 4.90 Å². The van der Waals surface area contributed by atoms with E-state index in [-0.39, 0.29) is 13.2 Å².